The maximum atomic E-state index is 13.5. The van der Waals surface area contributed by atoms with E-state index in [-0.39, 0.29) is 17.2 Å². The zero-order valence-electron chi connectivity index (χ0n) is 25.2. The number of hydrogen-bond donors (Lipinski definition) is 2. The van der Waals surface area contributed by atoms with E-state index in [2.05, 4.69) is 48.6 Å². The Kier molecular flexibility index (Phi) is 8.87. The molecule has 6 atom stereocenters. The number of anilines is 1. The summed E-state index contributed by atoms with van der Waals surface area (Å²) in [5.74, 6) is 2.32. The highest BCUT2D eigenvalue weighted by molar-refractivity contribution is 7.98. The fourth-order valence-electron chi connectivity index (χ4n) is 7.59. The third kappa shape index (κ3) is 6.09. The van der Waals surface area contributed by atoms with Crippen LogP contribution in [0.5, 0.6) is 5.75 Å². The largest absolute Gasteiger partial charge is 0.490 e. The molecule has 2 bridgehead atoms. The minimum Gasteiger partial charge on any atom is -0.490 e. The van der Waals surface area contributed by atoms with Gasteiger partial charge in [-0.15, -0.1) is 0 Å². The molecule has 2 N–H and O–H groups in total. The number of carbonyl (C=O) groups excluding carboxylic acids is 1. The van der Waals surface area contributed by atoms with Gasteiger partial charge in [0, 0.05) is 34.3 Å². The van der Waals surface area contributed by atoms with Crippen molar-refractivity contribution in [3.05, 3.63) is 70.3 Å². The lowest BCUT2D eigenvalue weighted by atomic mass is 9.68. The summed E-state index contributed by atoms with van der Waals surface area (Å²) in [5, 5.41) is 12.3. The van der Waals surface area contributed by atoms with Crippen molar-refractivity contribution in [3.8, 4) is 5.75 Å². The number of aryl methyl sites for hydroxylation is 1. The van der Waals surface area contributed by atoms with Gasteiger partial charge in [0.05, 0.1) is 18.4 Å². The lowest BCUT2D eigenvalue weighted by molar-refractivity contribution is 0.0455. The molecule has 2 aromatic carbocycles. The van der Waals surface area contributed by atoms with E-state index in [1.165, 1.54) is 11.1 Å². The van der Waals surface area contributed by atoms with E-state index >= 15 is 0 Å². The Morgan fingerprint density at radius 3 is 2.86 bits per heavy atom. The topological polar surface area (TPSA) is 61.8 Å². The summed E-state index contributed by atoms with van der Waals surface area (Å²) >= 11 is 7.98. The molecule has 2 aromatic rings. The van der Waals surface area contributed by atoms with Crippen LogP contribution in [0.25, 0.3) is 0 Å². The normalized spacial score (nSPS) is 32.2. The predicted octanol–water partition coefficient (Wildman–Crippen LogP) is 7.59. The van der Waals surface area contributed by atoms with Gasteiger partial charge in [0.25, 0.3) is 5.91 Å². The van der Waals surface area contributed by atoms with E-state index in [0.29, 0.717) is 35.2 Å². The maximum absolute atomic E-state index is 13.5. The molecule has 6 rings (SSSR count). The highest BCUT2D eigenvalue weighted by Crippen LogP contribution is 2.47. The summed E-state index contributed by atoms with van der Waals surface area (Å²) in [6.07, 6.45) is 11.0. The van der Waals surface area contributed by atoms with Crippen molar-refractivity contribution in [2.75, 3.05) is 24.6 Å². The number of allylic oxidation sites excluding steroid dienone is 1. The molecule has 4 aliphatic rings. The number of nitrogens with zero attached hydrogens (tertiary/aromatic N) is 1. The predicted molar refractivity (Wildman–Crippen MR) is 174 cm³/mol. The molecule has 2 aliphatic carbocycles. The summed E-state index contributed by atoms with van der Waals surface area (Å²) in [6.45, 7) is 8.97. The molecule has 0 unspecified atom stereocenters. The molecule has 42 heavy (non-hydrogen) atoms. The van der Waals surface area contributed by atoms with E-state index in [1.807, 2.05) is 30.3 Å². The van der Waals surface area contributed by atoms with Crippen molar-refractivity contribution < 1.29 is 14.6 Å². The number of aliphatic hydroxyl groups is 1. The molecule has 0 aromatic heterocycles. The number of halogens is 1. The summed E-state index contributed by atoms with van der Waals surface area (Å²) < 4.78 is 9.82. The number of benzene rings is 2. The zero-order valence-corrected chi connectivity index (χ0v) is 26.7. The third-order valence-corrected chi connectivity index (χ3v) is 11.6. The van der Waals surface area contributed by atoms with E-state index in [0.717, 1.165) is 74.5 Å². The monoisotopic (exact) mass is 608 g/mol. The molecule has 1 fully saturated rings. The van der Waals surface area contributed by atoms with Crippen LogP contribution in [-0.2, 0) is 11.8 Å². The number of ether oxygens (including phenoxy) is 1. The van der Waals surface area contributed by atoms with E-state index in [9.17, 15) is 9.90 Å². The van der Waals surface area contributed by atoms with Gasteiger partial charge in [-0.3, -0.25) is 9.52 Å². The van der Waals surface area contributed by atoms with Crippen LogP contribution in [0.2, 0.25) is 5.02 Å². The number of aliphatic hydroxyl groups excluding tert-OH is 1. The number of rotatable bonds is 2. The van der Waals surface area contributed by atoms with Gasteiger partial charge in [-0.25, -0.2) is 0 Å². The lowest BCUT2D eigenvalue weighted by Gasteiger charge is -2.45. The van der Waals surface area contributed by atoms with Crippen LogP contribution in [0.3, 0.4) is 0 Å². The van der Waals surface area contributed by atoms with Crippen LogP contribution in [0, 0.1) is 23.7 Å². The first-order chi connectivity index (χ1) is 20.2. The maximum Gasteiger partial charge on any atom is 0.261 e. The van der Waals surface area contributed by atoms with E-state index in [1.54, 1.807) is 11.9 Å². The Hall–Kier alpha value is -2.15. The number of fused-ring (bicyclic) bond motifs is 4. The van der Waals surface area contributed by atoms with Crippen LogP contribution in [0.1, 0.15) is 80.8 Å². The summed E-state index contributed by atoms with van der Waals surface area (Å²) in [7, 11) is 0. The van der Waals surface area contributed by atoms with E-state index in [4.69, 9.17) is 16.3 Å². The van der Waals surface area contributed by atoms with Crippen molar-refractivity contribution in [2.45, 2.75) is 82.5 Å². The Labute approximate surface area is 260 Å². The second-order valence-electron chi connectivity index (χ2n) is 13.6. The zero-order chi connectivity index (χ0) is 29.4. The highest BCUT2D eigenvalue weighted by Gasteiger charge is 2.44. The number of nitrogens with one attached hydrogen (secondary N) is 1. The standard InChI is InChI=1S/C35H45ClN2O3S/c1-22(2)16-33-23(3)6-4-8-31(39)28-12-9-26(28)19-38-20-35(15-5-7-24-17-27(36)11-13-29(24)35)21-41-32-14-10-25(18-30(32)38)34(40)37-42-33/h4,8,10-11,13-14,17-18,22-23,26,28,31,33,39H,5-7,9,12,15-16,19-21H2,1-3H3,(H,37,40)/b8-4-/t23-,26+,28-,31+,33-,35+/m1/s1. The molecular weight excluding hydrogens is 564 g/mol. The molecule has 0 radical (unpaired) electrons. The second kappa shape index (κ2) is 12.5. The van der Waals surface area contributed by atoms with Crippen molar-refractivity contribution in [1.82, 2.24) is 4.72 Å². The molecule has 2 aliphatic heterocycles. The SMILES string of the molecule is CC(C)C[C@H]1SNC(=O)c2ccc3c(c2)N(C[C@@H]2CC[C@H]2[C@@H](O)/C=C\C[C@H]1C)C[C@@]1(CCCc2cc(Cl)ccc21)CO3. The van der Waals surface area contributed by atoms with Crippen LogP contribution in [0.15, 0.2) is 48.6 Å². The van der Waals surface area contributed by atoms with Gasteiger partial charge in [-0.2, -0.15) is 0 Å². The van der Waals surface area contributed by atoms with Crippen LogP contribution in [-0.4, -0.2) is 42.1 Å². The van der Waals surface area contributed by atoms with Gasteiger partial charge in [0.2, 0.25) is 0 Å². The van der Waals surface area contributed by atoms with Crippen LogP contribution in [0.4, 0.5) is 5.69 Å². The molecule has 1 spiro atoms. The molecule has 2 heterocycles. The Bertz CT molecular complexity index is 1330. The molecular formula is C35H45ClN2O3S. The molecule has 5 nitrogen and oxygen atoms in total. The summed E-state index contributed by atoms with van der Waals surface area (Å²) in [4.78, 5) is 16.0. The first-order valence-corrected chi connectivity index (χ1v) is 17.1. The van der Waals surface area contributed by atoms with Gasteiger partial charge < -0.3 is 14.7 Å². The quantitative estimate of drug-likeness (QED) is 0.272. The second-order valence-corrected chi connectivity index (χ2v) is 15.1. The van der Waals surface area contributed by atoms with Crippen molar-refractivity contribution >= 4 is 35.1 Å². The van der Waals surface area contributed by atoms with Gasteiger partial charge in [-0.05, 0) is 122 Å². The summed E-state index contributed by atoms with van der Waals surface area (Å²) in [6, 6.07) is 12.3. The average Bonchev–Trinajstić information content (AvgIpc) is 3.09. The fourth-order valence-corrected chi connectivity index (χ4v) is 8.98. The fraction of sp³-hybridized carbons (Fsp3) is 0.571. The Morgan fingerprint density at radius 1 is 1.21 bits per heavy atom. The smallest absolute Gasteiger partial charge is 0.261 e. The van der Waals surface area contributed by atoms with Crippen molar-refractivity contribution in [1.29, 1.82) is 0 Å². The molecule has 226 valence electrons. The first kappa shape index (κ1) is 29.9. The first-order valence-electron chi connectivity index (χ1n) is 15.8. The van der Waals surface area contributed by atoms with Gasteiger partial charge in [0.15, 0.2) is 0 Å². The van der Waals surface area contributed by atoms with Gasteiger partial charge >= 0.3 is 0 Å². The molecule has 1 saturated carbocycles. The van der Waals surface area contributed by atoms with Crippen molar-refractivity contribution in [3.63, 3.8) is 0 Å². The lowest BCUT2D eigenvalue weighted by Crippen LogP contribution is -2.49. The molecule has 7 heteroatoms. The average molecular weight is 609 g/mol. The van der Waals surface area contributed by atoms with E-state index < -0.39 is 6.10 Å². The van der Waals surface area contributed by atoms with Gasteiger partial charge in [0.1, 0.15) is 5.75 Å². The Morgan fingerprint density at radius 2 is 2.07 bits per heavy atom. The minimum atomic E-state index is -0.430. The number of carbonyl (C=O) groups is 1. The molecule has 1 amide bonds. The highest BCUT2D eigenvalue weighted by atomic mass is 35.5. The van der Waals surface area contributed by atoms with Gasteiger partial charge in [-0.1, -0.05) is 50.6 Å². The Balaban J connectivity index is 1.37. The summed E-state index contributed by atoms with van der Waals surface area (Å²) in [5.41, 5.74) is 4.15. The number of amides is 1. The minimum absolute atomic E-state index is 0.0556. The van der Waals surface area contributed by atoms with Crippen LogP contribution >= 0.6 is 23.5 Å². The third-order valence-electron chi connectivity index (χ3n) is 10.2. The molecule has 0 saturated heterocycles. The number of hydrogen-bond acceptors (Lipinski definition) is 5. The van der Waals surface area contributed by atoms with Crippen molar-refractivity contribution in [2.24, 2.45) is 23.7 Å². The van der Waals surface area contributed by atoms with Crippen LogP contribution < -0.4 is 14.4 Å².